The van der Waals surface area contributed by atoms with Gasteiger partial charge in [0.05, 0.1) is 25.4 Å². The van der Waals surface area contributed by atoms with Gasteiger partial charge in [-0.2, -0.15) is 0 Å². The molecule has 1 aliphatic heterocycles. The maximum absolute atomic E-state index is 11.9. The molecular formula is C14H14O5. The van der Waals surface area contributed by atoms with Crippen molar-refractivity contribution in [3.63, 3.8) is 0 Å². The van der Waals surface area contributed by atoms with Crippen molar-refractivity contribution in [2.45, 2.75) is 13.2 Å². The van der Waals surface area contributed by atoms with E-state index in [9.17, 15) is 4.79 Å². The van der Waals surface area contributed by atoms with Gasteiger partial charge >= 0.3 is 5.63 Å². The summed E-state index contributed by atoms with van der Waals surface area (Å²) < 4.78 is 21.3. The molecule has 19 heavy (non-hydrogen) atoms. The van der Waals surface area contributed by atoms with Gasteiger partial charge in [-0.1, -0.05) is 0 Å². The van der Waals surface area contributed by atoms with E-state index in [-0.39, 0.29) is 0 Å². The lowest BCUT2D eigenvalue weighted by Gasteiger charge is -2.09. The molecule has 0 N–H and O–H groups in total. The fourth-order valence-electron chi connectivity index (χ4n) is 2.07. The number of fused-ring (bicyclic) bond motifs is 1. The third-order valence-corrected chi connectivity index (χ3v) is 2.92. The highest BCUT2D eigenvalue weighted by atomic mass is 16.7. The number of hydrogen-bond donors (Lipinski definition) is 0. The van der Waals surface area contributed by atoms with E-state index in [0.717, 1.165) is 5.39 Å². The molecule has 3 rings (SSSR count). The number of rotatable bonds is 3. The van der Waals surface area contributed by atoms with Crippen molar-refractivity contribution >= 4 is 11.0 Å². The topological polar surface area (TPSA) is 57.9 Å². The van der Waals surface area contributed by atoms with Crippen molar-refractivity contribution in [1.82, 2.24) is 0 Å². The van der Waals surface area contributed by atoms with Crippen molar-refractivity contribution in [1.29, 1.82) is 0 Å². The molecule has 0 amide bonds. The molecule has 1 fully saturated rings. The summed E-state index contributed by atoms with van der Waals surface area (Å²) in [6.07, 6.45) is -0.618. The fourth-order valence-corrected chi connectivity index (χ4v) is 2.07. The summed E-state index contributed by atoms with van der Waals surface area (Å²) in [4.78, 5) is 11.9. The van der Waals surface area contributed by atoms with E-state index in [1.165, 1.54) is 0 Å². The molecule has 0 unspecified atom stereocenters. The van der Waals surface area contributed by atoms with Gasteiger partial charge in [-0.15, -0.1) is 0 Å². The summed E-state index contributed by atoms with van der Waals surface area (Å²) in [6, 6.07) is 7.14. The minimum atomic E-state index is -0.618. The molecule has 100 valence electrons. The fraction of sp³-hybridized carbons (Fsp3) is 0.357. The third-order valence-electron chi connectivity index (χ3n) is 2.92. The Morgan fingerprint density at radius 2 is 2.05 bits per heavy atom. The molecule has 0 saturated carbocycles. The Morgan fingerprint density at radius 1 is 1.26 bits per heavy atom. The van der Waals surface area contributed by atoms with Crippen LogP contribution in [0.4, 0.5) is 0 Å². The normalized spacial score (nSPS) is 16.1. The Balaban J connectivity index is 2.05. The lowest BCUT2D eigenvalue weighted by Crippen LogP contribution is -2.12. The Labute approximate surface area is 109 Å². The molecule has 1 saturated heterocycles. The van der Waals surface area contributed by atoms with Crippen LogP contribution in [0.25, 0.3) is 11.0 Å². The third kappa shape index (κ3) is 2.34. The molecule has 1 aromatic carbocycles. The molecule has 2 heterocycles. The first-order valence-electron chi connectivity index (χ1n) is 6.22. The van der Waals surface area contributed by atoms with Crippen LogP contribution in [0.3, 0.4) is 0 Å². The highest BCUT2D eigenvalue weighted by Gasteiger charge is 2.22. The van der Waals surface area contributed by atoms with Crippen LogP contribution in [0.2, 0.25) is 0 Å². The van der Waals surface area contributed by atoms with Gasteiger partial charge in [-0.05, 0) is 25.1 Å². The Hall–Kier alpha value is -1.85. The van der Waals surface area contributed by atoms with E-state index in [2.05, 4.69) is 0 Å². The molecule has 0 bridgehead atoms. The van der Waals surface area contributed by atoms with Crippen LogP contribution in [0, 0.1) is 0 Å². The largest absolute Gasteiger partial charge is 0.494 e. The van der Waals surface area contributed by atoms with Gasteiger partial charge in [-0.3, -0.25) is 0 Å². The van der Waals surface area contributed by atoms with Gasteiger partial charge in [-0.25, -0.2) is 4.79 Å². The lowest BCUT2D eigenvalue weighted by molar-refractivity contribution is -0.0461. The molecule has 0 spiro atoms. The van der Waals surface area contributed by atoms with Crippen molar-refractivity contribution in [2.24, 2.45) is 0 Å². The molecule has 5 heteroatoms. The standard InChI is InChI=1S/C14H14O5/c1-2-16-10-4-3-9-7-11(14-17-5-6-18-14)13(15)19-12(9)8-10/h3-4,7-8,14H,2,5-6H2,1H3. The van der Waals surface area contributed by atoms with Crippen LogP contribution >= 0.6 is 0 Å². The SMILES string of the molecule is CCOc1ccc2cc(C3OCCO3)c(=O)oc2c1. The maximum atomic E-state index is 11.9. The predicted octanol–water partition coefficient (Wildman–Crippen LogP) is 2.24. The molecule has 0 aliphatic carbocycles. The molecule has 1 aromatic heterocycles. The van der Waals surface area contributed by atoms with Gasteiger partial charge in [0.25, 0.3) is 0 Å². The average Bonchev–Trinajstić information content (AvgIpc) is 2.92. The second kappa shape index (κ2) is 5.03. The first-order chi connectivity index (χ1) is 9.28. The highest BCUT2D eigenvalue weighted by molar-refractivity contribution is 5.78. The number of hydrogen-bond acceptors (Lipinski definition) is 5. The van der Waals surface area contributed by atoms with Crippen LogP contribution in [-0.4, -0.2) is 19.8 Å². The van der Waals surface area contributed by atoms with E-state index in [1.807, 2.05) is 19.1 Å². The average molecular weight is 262 g/mol. The molecule has 0 atom stereocenters. The summed E-state index contributed by atoms with van der Waals surface area (Å²) in [7, 11) is 0. The Morgan fingerprint density at radius 3 is 2.79 bits per heavy atom. The van der Waals surface area contributed by atoms with E-state index < -0.39 is 11.9 Å². The minimum absolute atomic E-state index is 0.397. The van der Waals surface area contributed by atoms with Gasteiger partial charge < -0.3 is 18.6 Å². The first kappa shape index (κ1) is 12.2. The summed E-state index contributed by atoms with van der Waals surface area (Å²) in [5.41, 5.74) is 0.458. The molecule has 5 nitrogen and oxygen atoms in total. The Kier molecular flexibility index (Phi) is 3.23. The van der Waals surface area contributed by atoms with Gasteiger partial charge in [0.1, 0.15) is 11.3 Å². The zero-order valence-corrected chi connectivity index (χ0v) is 10.5. The van der Waals surface area contributed by atoms with Crippen molar-refractivity contribution < 1.29 is 18.6 Å². The zero-order valence-electron chi connectivity index (χ0n) is 10.5. The van der Waals surface area contributed by atoms with Crippen LogP contribution in [0.1, 0.15) is 18.8 Å². The Bertz CT molecular complexity index is 640. The van der Waals surface area contributed by atoms with Crippen molar-refractivity contribution in [3.8, 4) is 5.75 Å². The minimum Gasteiger partial charge on any atom is -0.494 e. The van der Waals surface area contributed by atoms with Gasteiger partial charge in [0.15, 0.2) is 6.29 Å². The van der Waals surface area contributed by atoms with E-state index in [4.69, 9.17) is 18.6 Å². The van der Waals surface area contributed by atoms with Crippen LogP contribution in [0.15, 0.2) is 33.5 Å². The number of benzene rings is 1. The monoisotopic (exact) mass is 262 g/mol. The molecule has 1 aliphatic rings. The van der Waals surface area contributed by atoms with Gasteiger partial charge in [0.2, 0.25) is 0 Å². The van der Waals surface area contributed by atoms with E-state index >= 15 is 0 Å². The van der Waals surface area contributed by atoms with Crippen LogP contribution in [-0.2, 0) is 9.47 Å². The summed E-state index contributed by atoms with van der Waals surface area (Å²) >= 11 is 0. The van der Waals surface area contributed by atoms with Crippen LogP contribution < -0.4 is 10.4 Å². The molecule has 2 aromatic rings. The van der Waals surface area contributed by atoms with E-state index in [0.29, 0.717) is 36.7 Å². The predicted molar refractivity (Wildman–Crippen MR) is 68.3 cm³/mol. The quantitative estimate of drug-likeness (QED) is 0.794. The summed E-state index contributed by atoms with van der Waals surface area (Å²) in [5.74, 6) is 0.680. The number of ether oxygens (including phenoxy) is 3. The van der Waals surface area contributed by atoms with Crippen molar-refractivity contribution in [3.05, 3.63) is 40.2 Å². The van der Waals surface area contributed by atoms with Gasteiger partial charge in [0, 0.05) is 11.5 Å². The summed E-state index contributed by atoms with van der Waals surface area (Å²) in [6.45, 7) is 3.45. The van der Waals surface area contributed by atoms with E-state index in [1.54, 1.807) is 12.1 Å². The highest BCUT2D eigenvalue weighted by Crippen LogP contribution is 2.25. The molecule has 0 radical (unpaired) electrons. The van der Waals surface area contributed by atoms with Crippen molar-refractivity contribution in [2.75, 3.05) is 19.8 Å². The second-order valence-electron chi connectivity index (χ2n) is 4.20. The first-order valence-corrected chi connectivity index (χ1v) is 6.22. The second-order valence-corrected chi connectivity index (χ2v) is 4.20. The molecular weight excluding hydrogens is 248 g/mol. The zero-order chi connectivity index (χ0) is 13.2. The lowest BCUT2D eigenvalue weighted by atomic mass is 10.1. The van der Waals surface area contributed by atoms with Crippen LogP contribution in [0.5, 0.6) is 5.75 Å². The smallest absolute Gasteiger partial charge is 0.344 e. The maximum Gasteiger partial charge on any atom is 0.344 e. The summed E-state index contributed by atoms with van der Waals surface area (Å²) in [5, 5.41) is 0.817.